The van der Waals surface area contributed by atoms with Gasteiger partial charge < -0.3 is 14.6 Å². The molecule has 0 spiro atoms. The van der Waals surface area contributed by atoms with Crippen LogP contribution in [0.4, 0.5) is 0 Å². The first-order chi connectivity index (χ1) is 13.8. The predicted molar refractivity (Wildman–Crippen MR) is 108 cm³/mol. The van der Waals surface area contributed by atoms with Gasteiger partial charge in [-0.15, -0.1) is 0 Å². The van der Waals surface area contributed by atoms with Crippen molar-refractivity contribution < 1.29 is 14.1 Å². The van der Waals surface area contributed by atoms with Crippen LogP contribution in [0.25, 0.3) is 11.3 Å². The molecule has 28 heavy (non-hydrogen) atoms. The summed E-state index contributed by atoms with van der Waals surface area (Å²) >= 11 is 0. The molecular formula is C23H24N2O3. The molecule has 5 nitrogen and oxygen atoms in total. The minimum atomic E-state index is -0.156. The van der Waals surface area contributed by atoms with Crippen molar-refractivity contribution in [2.45, 2.75) is 32.1 Å². The van der Waals surface area contributed by atoms with Crippen molar-refractivity contribution in [3.63, 3.8) is 0 Å². The number of hydrogen-bond donors (Lipinski definition) is 1. The van der Waals surface area contributed by atoms with Gasteiger partial charge in [-0.2, -0.15) is 0 Å². The summed E-state index contributed by atoms with van der Waals surface area (Å²) in [6.45, 7) is 0.637. The Hall–Kier alpha value is -3.08. The van der Waals surface area contributed by atoms with Crippen LogP contribution in [-0.2, 0) is 19.3 Å². The largest absolute Gasteiger partial charge is 0.497 e. The van der Waals surface area contributed by atoms with E-state index < -0.39 is 0 Å². The Morgan fingerprint density at radius 3 is 2.82 bits per heavy atom. The summed E-state index contributed by atoms with van der Waals surface area (Å²) in [6, 6.07) is 16.3. The summed E-state index contributed by atoms with van der Waals surface area (Å²) in [7, 11) is 1.64. The lowest BCUT2D eigenvalue weighted by Gasteiger charge is -2.15. The first-order valence-electron chi connectivity index (χ1n) is 9.74. The van der Waals surface area contributed by atoms with Crippen molar-refractivity contribution in [3.8, 4) is 17.1 Å². The number of benzene rings is 2. The molecule has 1 N–H and O–H groups in total. The normalized spacial score (nSPS) is 12.2. The zero-order chi connectivity index (χ0) is 19.3. The van der Waals surface area contributed by atoms with Gasteiger partial charge in [0.1, 0.15) is 5.75 Å². The number of nitrogens with one attached hydrogen (secondary N) is 1. The van der Waals surface area contributed by atoms with Gasteiger partial charge in [0.25, 0.3) is 5.91 Å². The van der Waals surface area contributed by atoms with Crippen LogP contribution in [0.2, 0.25) is 0 Å². The topological polar surface area (TPSA) is 64.4 Å². The van der Waals surface area contributed by atoms with Gasteiger partial charge in [0.2, 0.25) is 0 Å². The Labute approximate surface area is 164 Å². The molecule has 1 amide bonds. The highest BCUT2D eigenvalue weighted by Gasteiger charge is 2.27. The van der Waals surface area contributed by atoms with Crippen molar-refractivity contribution in [1.82, 2.24) is 10.5 Å². The average molecular weight is 376 g/mol. The molecule has 4 rings (SSSR count). The molecule has 0 fully saturated rings. The number of amides is 1. The molecule has 144 valence electrons. The van der Waals surface area contributed by atoms with E-state index in [9.17, 15) is 4.79 Å². The number of fused-ring (bicyclic) bond motifs is 3. The second kappa shape index (κ2) is 8.30. The molecule has 0 bridgehead atoms. The Bertz CT molecular complexity index is 963. The number of unbranched alkanes of at least 4 members (excludes halogenated alkanes) is 1. The predicted octanol–water partition coefficient (Wildman–Crippen LogP) is 4.20. The van der Waals surface area contributed by atoms with Crippen LogP contribution in [0.3, 0.4) is 0 Å². The lowest BCUT2D eigenvalue weighted by atomic mass is 9.89. The highest BCUT2D eigenvalue weighted by Crippen LogP contribution is 2.37. The molecule has 2 aromatic carbocycles. The molecular weight excluding hydrogens is 352 g/mol. The number of methoxy groups -OCH3 is 1. The van der Waals surface area contributed by atoms with E-state index in [1.54, 1.807) is 7.11 Å². The third-order valence-electron chi connectivity index (χ3n) is 5.23. The zero-order valence-electron chi connectivity index (χ0n) is 16.0. The minimum absolute atomic E-state index is 0.156. The van der Waals surface area contributed by atoms with Crippen LogP contribution in [0.5, 0.6) is 5.75 Å². The van der Waals surface area contributed by atoms with Gasteiger partial charge in [0, 0.05) is 17.7 Å². The number of nitrogens with zero attached hydrogens (tertiary/aromatic N) is 1. The number of aryl methyl sites for hydroxylation is 2. The molecule has 3 aromatic rings. The Kier molecular flexibility index (Phi) is 5.42. The van der Waals surface area contributed by atoms with E-state index in [1.807, 2.05) is 24.3 Å². The van der Waals surface area contributed by atoms with Gasteiger partial charge in [-0.3, -0.25) is 4.79 Å². The Balaban J connectivity index is 1.36. The molecule has 5 heteroatoms. The van der Waals surface area contributed by atoms with Crippen LogP contribution in [0.15, 0.2) is 53.1 Å². The van der Waals surface area contributed by atoms with E-state index in [0.29, 0.717) is 18.0 Å². The summed E-state index contributed by atoms with van der Waals surface area (Å²) in [5.74, 6) is 1.30. The summed E-state index contributed by atoms with van der Waals surface area (Å²) in [5, 5.41) is 7.05. The maximum Gasteiger partial charge on any atom is 0.273 e. The third kappa shape index (κ3) is 3.79. The van der Waals surface area contributed by atoms with E-state index in [1.165, 1.54) is 11.1 Å². The number of carbonyl (C=O) groups excluding carboxylic acids is 1. The van der Waals surface area contributed by atoms with Crippen LogP contribution < -0.4 is 10.1 Å². The third-order valence-corrected chi connectivity index (χ3v) is 5.23. The highest BCUT2D eigenvalue weighted by atomic mass is 16.5. The summed E-state index contributed by atoms with van der Waals surface area (Å²) < 4.78 is 10.9. The van der Waals surface area contributed by atoms with Gasteiger partial charge >= 0.3 is 0 Å². The van der Waals surface area contributed by atoms with Crippen molar-refractivity contribution in [3.05, 3.63) is 70.9 Å². The Morgan fingerprint density at radius 2 is 2.00 bits per heavy atom. The number of aromatic nitrogens is 1. The van der Waals surface area contributed by atoms with E-state index in [-0.39, 0.29) is 5.91 Å². The summed E-state index contributed by atoms with van der Waals surface area (Å²) in [4.78, 5) is 12.6. The molecule has 1 heterocycles. The van der Waals surface area contributed by atoms with Crippen molar-refractivity contribution in [2.24, 2.45) is 0 Å². The molecule has 0 aliphatic heterocycles. The standard InChI is InChI=1S/C23H24N2O3/c1-27-18-12-10-17-11-13-19-21(25-28-22(19)20(17)15-18)23(26)24-14-6-5-9-16-7-3-2-4-8-16/h2-4,7-8,10,12,15H,5-6,9,11,13-14H2,1H3,(H,24,26). The van der Waals surface area contributed by atoms with E-state index in [4.69, 9.17) is 9.26 Å². The van der Waals surface area contributed by atoms with E-state index in [2.05, 4.69) is 34.7 Å². The molecule has 0 saturated carbocycles. The number of ether oxygens (including phenoxy) is 1. The minimum Gasteiger partial charge on any atom is -0.497 e. The number of carbonyl (C=O) groups is 1. The molecule has 1 aromatic heterocycles. The van der Waals surface area contributed by atoms with Crippen LogP contribution in [0, 0.1) is 0 Å². The van der Waals surface area contributed by atoms with E-state index in [0.717, 1.165) is 49.0 Å². The van der Waals surface area contributed by atoms with Crippen LogP contribution >= 0.6 is 0 Å². The first kappa shape index (κ1) is 18.3. The smallest absolute Gasteiger partial charge is 0.273 e. The van der Waals surface area contributed by atoms with Crippen LogP contribution in [0.1, 0.15) is 40.0 Å². The fourth-order valence-electron chi connectivity index (χ4n) is 3.69. The molecule has 1 aliphatic carbocycles. The fraction of sp³-hybridized carbons (Fsp3) is 0.304. The summed E-state index contributed by atoms with van der Waals surface area (Å²) in [6.07, 6.45) is 4.61. The molecule has 1 aliphatic rings. The molecule has 0 radical (unpaired) electrons. The lowest BCUT2D eigenvalue weighted by Crippen LogP contribution is -2.26. The van der Waals surface area contributed by atoms with Gasteiger partial charge in [-0.1, -0.05) is 41.6 Å². The van der Waals surface area contributed by atoms with Gasteiger partial charge in [0.15, 0.2) is 11.5 Å². The lowest BCUT2D eigenvalue weighted by molar-refractivity contribution is 0.0943. The van der Waals surface area contributed by atoms with Gasteiger partial charge in [0.05, 0.1) is 7.11 Å². The number of hydrogen-bond acceptors (Lipinski definition) is 4. The number of rotatable bonds is 7. The monoisotopic (exact) mass is 376 g/mol. The average Bonchev–Trinajstić information content (AvgIpc) is 3.18. The molecule has 0 atom stereocenters. The SMILES string of the molecule is COc1ccc2c(c1)-c1onc(C(=O)NCCCCc3ccccc3)c1CC2. The second-order valence-corrected chi connectivity index (χ2v) is 7.06. The zero-order valence-corrected chi connectivity index (χ0v) is 16.0. The van der Waals surface area contributed by atoms with Gasteiger partial charge in [-0.25, -0.2) is 0 Å². The maximum absolute atomic E-state index is 12.6. The molecule has 0 unspecified atom stereocenters. The van der Waals surface area contributed by atoms with Crippen molar-refractivity contribution in [2.75, 3.05) is 13.7 Å². The quantitative estimate of drug-likeness (QED) is 0.628. The van der Waals surface area contributed by atoms with Crippen molar-refractivity contribution in [1.29, 1.82) is 0 Å². The second-order valence-electron chi connectivity index (χ2n) is 7.06. The van der Waals surface area contributed by atoms with Crippen molar-refractivity contribution >= 4 is 5.91 Å². The maximum atomic E-state index is 12.6. The first-order valence-corrected chi connectivity index (χ1v) is 9.74. The molecule has 0 saturated heterocycles. The van der Waals surface area contributed by atoms with E-state index >= 15 is 0 Å². The Morgan fingerprint density at radius 1 is 1.14 bits per heavy atom. The summed E-state index contributed by atoms with van der Waals surface area (Å²) in [5.41, 5.74) is 4.79. The highest BCUT2D eigenvalue weighted by molar-refractivity contribution is 5.95. The van der Waals surface area contributed by atoms with Gasteiger partial charge in [-0.05, 0) is 55.4 Å². The fourth-order valence-corrected chi connectivity index (χ4v) is 3.69. The van der Waals surface area contributed by atoms with Crippen LogP contribution in [-0.4, -0.2) is 24.7 Å².